The van der Waals surface area contributed by atoms with Crippen molar-refractivity contribution in [1.82, 2.24) is 20.1 Å². The van der Waals surface area contributed by atoms with Gasteiger partial charge in [0.2, 0.25) is 0 Å². The van der Waals surface area contributed by atoms with Gasteiger partial charge in [-0.05, 0) is 37.1 Å². The van der Waals surface area contributed by atoms with Crippen molar-refractivity contribution in [3.63, 3.8) is 0 Å². The maximum Gasteiger partial charge on any atom is 0.311 e. The number of nitrogens with zero attached hydrogens (tertiary/aromatic N) is 3. The number of aromatic amines is 1. The normalized spacial score (nSPS) is 14.4. The van der Waals surface area contributed by atoms with Crippen molar-refractivity contribution in [3.05, 3.63) is 48.2 Å². The number of anilines is 1. The fraction of sp³-hybridized carbons (Fsp3) is 0.235. The minimum Gasteiger partial charge on any atom is -0.411 e. The number of rotatable bonds is 5. The molecule has 1 aliphatic heterocycles. The fourth-order valence-electron chi connectivity index (χ4n) is 2.89. The largest absolute Gasteiger partial charge is 0.411 e. The zero-order valence-corrected chi connectivity index (χ0v) is 15.4. The summed E-state index contributed by atoms with van der Waals surface area (Å²) in [6.07, 6.45) is 3.11. The Labute approximate surface area is 159 Å². The summed E-state index contributed by atoms with van der Waals surface area (Å²) in [5, 5.41) is 7.56. The highest BCUT2D eigenvalue weighted by atomic mass is 32.2. The number of carbonyl (C=O) groups excluding carboxylic acids is 1. The molecule has 0 atom stereocenters. The number of hydrogen-bond acceptors (Lipinski definition) is 6. The van der Waals surface area contributed by atoms with Gasteiger partial charge in [0.15, 0.2) is 0 Å². The van der Waals surface area contributed by atoms with Gasteiger partial charge in [-0.1, -0.05) is 6.07 Å². The van der Waals surface area contributed by atoms with Crippen LogP contribution < -0.4 is 4.72 Å². The van der Waals surface area contributed by atoms with Crippen molar-refractivity contribution in [2.75, 3.05) is 17.8 Å². The van der Waals surface area contributed by atoms with E-state index < -0.39 is 15.8 Å². The number of aromatic nitrogens is 3. The molecule has 1 aliphatic rings. The van der Waals surface area contributed by atoms with E-state index in [9.17, 15) is 17.6 Å². The van der Waals surface area contributed by atoms with Crippen molar-refractivity contribution in [2.45, 2.75) is 17.7 Å². The van der Waals surface area contributed by atoms with Crippen LogP contribution in [0.4, 0.5) is 10.1 Å². The molecule has 0 bridgehead atoms. The number of H-pyrrole nitrogens is 1. The van der Waals surface area contributed by atoms with Crippen LogP contribution in [0.3, 0.4) is 0 Å². The number of likely N-dealkylation sites (tertiary alicyclic amines) is 1. The molecule has 3 heterocycles. The van der Waals surface area contributed by atoms with E-state index >= 15 is 0 Å². The molecule has 9 nitrogen and oxygen atoms in total. The van der Waals surface area contributed by atoms with E-state index in [1.165, 1.54) is 30.5 Å². The summed E-state index contributed by atoms with van der Waals surface area (Å²) >= 11 is 0. The summed E-state index contributed by atoms with van der Waals surface area (Å²) in [5.74, 6) is -1.05. The van der Waals surface area contributed by atoms with Crippen molar-refractivity contribution < 1.29 is 22.0 Å². The van der Waals surface area contributed by atoms with Crippen LogP contribution in [0.15, 0.2) is 45.8 Å². The molecule has 1 amide bonds. The number of halogens is 1. The summed E-state index contributed by atoms with van der Waals surface area (Å²) in [4.78, 5) is 16.5. The van der Waals surface area contributed by atoms with Gasteiger partial charge in [0.25, 0.3) is 15.9 Å². The molecule has 1 saturated heterocycles. The molecule has 2 aromatic heterocycles. The Kier molecular flexibility index (Phi) is 4.59. The molecule has 11 heteroatoms. The molecule has 0 spiro atoms. The van der Waals surface area contributed by atoms with E-state index in [2.05, 4.69) is 19.9 Å². The molecule has 0 radical (unpaired) electrons. The van der Waals surface area contributed by atoms with Gasteiger partial charge < -0.3 is 14.3 Å². The van der Waals surface area contributed by atoms with E-state index in [1.54, 1.807) is 4.90 Å². The molecule has 146 valence electrons. The van der Waals surface area contributed by atoms with Crippen LogP contribution in [0.2, 0.25) is 0 Å². The number of amides is 1. The highest BCUT2D eigenvalue weighted by Crippen LogP contribution is 2.23. The third kappa shape index (κ3) is 3.60. The lowest BCUT2D eigenvalue weighted by molar-refractivity contribution is 0.0754. The topological polar surface area (TPSA) is 121 Å². The van der Waals surface area contributed by atoms with Crippen molar-refractivity contribution >= 4 is 21.6 Å². The lowest BCUT2D eigenvalue weighted by atomic mass is 10.3. The van der Waals surface area contributed by atoms with Crippen molar-refractivity contribution in [2.24, 2.45) is 0 Å². The minimum atomic E-state index is -3.95. The molecule has 2 N–H and O–H groups in total. The highest BCUT2D eigenvalue weighted by Gasteiger charge is 2.25. The number of sulfonamides is 1. The van der Waals surface area contributed by atoms with Crippen molar-refractivity contribution in [3.8, 4) is 11.6 Å². The SMILES string of the molecule is O=C(c1nnc(-c2cc(S(=O)(=O)Nc3cccc(F)c3)c[nH]2)o1)N1CCCC1. The second-order valence-electron chi connectivity index (χ2n) is 6.28. The summed E-state index contributed by atoms with van der Waals surface area (Å²) in [7, 11) is -3.95. The predicted molar refractivity (Wildman–Crippen MR) is 96.4 cm³/mol. The van der Waals surface area contributed by atoms with E-state index in [0.717, 1.165) is 18.9 Å². The number of nitrogens with one attached hydrogen (secondary N) is 2. The van der Waals surface area contributed by atoms with Gasteiger partial charge in [-0.15, -0.1) is 10.2 Å². The van der Waals surface area contributed by atoms with Gasteiger partial charge in [-0.3, -0.25) is 9.52 Å². The van der Waals surface area contributed by atoms with E-state index in [-0.39, 0.29) is 34.0 Å². The second-order valence-corrected chi connectivity index (χ2v) is 7.96. The number of benzene rings is 1. The quantitative estimate of drug-likeness (QED) is 0.671. The van der Waals surface area contributed by atoms with Crippen LogP contribution in [0.1, 0.15) is 23.5 Å². The van der Waals surface area contributed by atoms with Gasteiger partial charge in [0.1, 0.15) is 16.4 Å². The van der Waals surface area contributed by atoms with E-state index in [1.807, 2.05) is 0 Å². The summed E-state index contributed by atoms with van der Waals surface area (Å²) in [5.41, 5.74) is 0.339. The molecule has 0 saturated carbocycles. The maximum atomic E-state index is 13.3. The summed E-state index contributed by atoms with van der Waals surface area (Å²) < 4.78 is 45.9. The Hall–Kier alpha value is -3.21. The molecule has 1 fully saturated rings. The Bertz CT molecular complexity index is 1120. The fourth-order valence-corrected chi connectivity index (χ4v) is 3.94. The minimum absolute atomic E-state index is 0.00486. The molecule has 0 unspecified atom stereocenters. The predicted octanol–water partition coefficient (Wildman–Crippen LogP) is 2.24. The third-order valence-corrected chi connectivity index (χ3v) is 5.64. The molecular formula is C17H16FN5O4S. The molecule has 4 rings (SSSR count). The Balaban J connectivity index is 1.53. The van der Waals surface area contributed by atoms with Crippen LogP contribution in [-0.4, -0.2) is 47.5 Å². The van der Waals surface area contributed by atoms with Gasteiger partial charge in [-0.25, -0.2) is 12.8 Å². The van der Waals surface area contributed by atoms with Crippen LogP contribution in [-0.2, 0) is 10.0 Å². The van der Waals surface area contributed by atoms with Crippen molar-refractivity contribution in [1.29, 1.82) is 0 Å². The number of carbonyl (C=O) groups is 1. The molecule has 1 aromatic carbocycles. The molecule has 3 aromatic rings. The first-order chi connectivity index (χ1) is 13.4. The van der Waals surface area contributed by atoms with Gasteiger partial charge in [0.05, 0.1) is 5.69 Å². The monoisotopic (exact) mass is 405 g/mol. The van der Waals surface area contributed by atoms with Crippen LogP contribution in [0.25, 0.3) is 11.6 Å². The first-order valence-corrected chi connectivity index (χ1v) is 10.0. The van der Waals surface area contributed by atoms with Gasteiger partial charge >= 0.3 is 11.8 Å². The zero-order chi connectivity index (χ0) is 19.7. The average Bonchev–Trinajstić information content (AvgIpc) is 3.41. The average molecular weight is 405 g/mol. The Morgan fingerprint density at radius 3 is 2.75 bits per heavy atom. The lowest BCUT2D eigenvalue weighted by Gasteiger charge is -2.11. The summed E-state index contributed by atoms with van der Waals surface area (Å²) in [6, 6.07) is 6.40. The molecule has 0 aliphatic carbocycles. The Morgan fingerprint density at radius 1 is 1.21 bits per heavy atom. The van der Waals surface area contributed by atoms with Gasteiger partial charge in [-0.2, -0.15) is 0 Å². The maximum absolute atomic E-state index is 13.3. The highest BCUT2D eigenvalue weighted by molar-refractivity contribution is 7.92. The van der Waals surface area contributed by atoms with Crippen LogP contribution in [0, 0.1) is 5.82 Å². The van der Waals surface area contributed by atoms with E-state index in [4.69, 9.17) is 4.42 Å². The van der Waals surface area contributed by atoms with Crippen LogP contribution in [0.5, 0.6) is 0 Å². The second kappa shape index (κ2) is 7.08. The van der Waals surface area contributed by atoms with Gasteiger partial charge in [0, 0.05) is 19.3 Å². The third-order valence-electron chi connectivity index (χ3n) is 4.28. The zero-order valence-electron chi connectivity index (χ0n) is 14.6. The lowest BCUT2D eigenvalue weighted by Crippen LogP contribution is -2.27. The first-order valence-electron chi connectivity index (χ1n) is 8.52. The Morgan fingerprint density at radius 2 is 2.00 bits per heavy atom. The van der Waals surface area contributed by atoms with Crippen LogP contribution >= 0.6 is 0 Å². The molecule has 28 heavy (non-hydrogen) atoms. The summed E-state index contributed by atoms with van der Waals surface area (Å²) in [6.45, 7) is 1.29. The first kappa shape index (κ1) is 18.2. The van der Waals surface area contributed by atoms with E-state index in [0.29, 0.717) is 13.1 Å². The standard InChI is InChI=1S/C17H16FN5O4S/c18-11-4-3-5-12(8-11)22-28(25,26)13-9-14(19-10-13)15-20-21-16(27-15)17(24)23-6-1-2-7-23/h3-5,8-10,19,22H,1-2,6-7H2. The smallest absolute Gasteiger partial charge is 0.311 e. The molecular weight excluding hydrogens is 389 g/mol. The number of hydrogen-bond donors (Lipinski definition) is 2.